The van der Waals surface area contributed by atoms with Crippen LogP contribution in [0.1, 0.15) is 10.4 Å². The summed E-state index contributed by atoms with van der Waals surface area (Å²) in [7, 11) is 3.01. The zero-order valence-corrected chi connectivity index (χ0v) is 9.21. The first-order valence-corrected chi connectivity index (χ1v) is 4.92. The molecule has 0 N–H and O–H groups in total. The van der Waals surface area contributed by atoms with Gasteiger partial charge in [-0.3, -0.25) is 0 Å². The van der Waals surface area contributed by atoms with Crippen LogP contribution in [0.5, 0.6) is 0 Å². The fraction of sp³-hybridized carbons (Fsp3) is 0.500. The first-order valence-electron chi connectivity index (χ1n) is 4.92. The van der Waals surface area contributed by atoms with E-state index in [1.54, 1.807) is 7.11 Å². The molecule has 1 aromatic heterocycles. The molecule has 1 aliphatic heterocycles. The SMILES string of the molecule is COC(=O)c1cnc(N2CC(OC)C2)nc1. The molecule has 0 bridgehead atoms. The molecule has 86 valence electrons. The number of aromatic nitrogens is 2. The summed E-state index contributed by atoms with van der Waals surface area (Å²) < 4.78 is 9.70. The second kappa shape index (κ2) is 4.44. The summed E-state index contributed by atoms with van der Waals surface area (Å²) in [5.74, 6) is 0.186. The standard InChI is InChI=1S/C10H13N3O3/c1-15-8-5-13(6-8)10-11-3-7(4-12-10)9(14)16-2/h3-4,8H,5-6H2,1-2H3. The van der Waals surface area contributed by atoms with Crippen LogP contribution in [0.15, 0.2) is 12.4 Å². The minimum absolute atomic E-state index is 0.254. The van der Waals surface area contributed by atoms with Gasteiger partial charge in [0, 0.05) is 32.6 Å². The zero-order chi connectivity index (χ0) is 11.5. The first kappa shape index (κ1) is 10.8. The van der Waals surface area contributed by atoms with Gasteiger partial charge in [0.1, 0.15) is 0 Å². The Kier molecular flexibility index (Phi) is 3.00. The van der Waals surface area contributed by atoms with Crippen molar-refractivity contribution >= 4 is 11.9 Å². The van der Waals surface area contributed by atoms with Gasteiger partial charge in [-0.1, -0.05) is 0 Å². The second-order valence-corrected chi connectivity index (χ2v) is 3.53. The van der Waals surface area contributed by atoms with Gasteiger partial charge < -0.3 is 14.4 Å². The average molecular weight is 223 g/mol. The van der Waals surface area contributed by atoms with E-state index in [4.69, 9.17) is 4.74 Å². The fourth-order valence-corrected chi connectivity index (χ4v) is 1.46. The van der Waals surface area contributed by atoms with Crippen LogP contribution >= 0.6 is 0 Å². The minimum Gasteiger partial charge on any atom is -0.465 e. The highest BCUT2D eigenvalue weighted by Crippen LogP contribution is 2.17. The maximum atomic E-state index is 11.1. The van der Waals surface area contributed by atoms with Gasteiger partial charge in [-0.15, -0.1) is 0 Å². The van der Waals surface area contributed by atoms with E-state index < -0.39 is 5.97 Å². The molecule has 0 unspecified atom stereocenters. The molecule has 1 aliphatic rings. The molecule has 0 aromatic carbocycles. The lowest BCUT2D eigenvalue weighted by atomic mass is 10.2. The molecule has 0 amide bonds. The fourth-order valence-electron chi connectivity index (χ4n) is 1.46. The maximum Gasteiger partial charge on any atom is 0.341 e. The Hall–Kier alpha value is -1.69. The van der Waals surface area contributed by atoms with Crippen molar-refractivity contribution < 1.29 is 14.3 Å². The van der Waals surface area contributed by atoms with E-state index in [9.17, 15) is 4.79 Å². The first-order chi connectivity index (χ1) is 7.74. The summed E-state index contributed by atoms with van der Waals surface area (Å²) in [4.78, 5) is 21.3. The number of anilines is 1. The highest BCUT2D eigenvalue weighted by molar-refractivity contribution is 5.88. The Labute approximate surface area is 93.2 Å². The third-order valence-corrected chi connectivity index (χ3v) is 2.52. The number of hydrogen-bond donors (Lipinski definition) is 0. The molecule has 2 rings (SSSR count). The molecular formula is C10H13N3O3. The van der Waals surface area contributed by atoms with Gasteiger partial charge in [0.25, 0.3) is 0 Å². The normalized spacial score (nSPS) is 15.8. The molecule has 1 saturated heterocycles. The third kappa shape index (κ3) is 1.96. The van der Waals surface area contributed by atoms with Crippen molar-refractivity contribution in [1.82, 2.24) is 9.97 Å². The molecule has 2 heterocycles. The predicted molar refractivity (Wildman–Crippen MR) is 56.4 cm³/mol. The molecule has 6 nitrogen and oxygen atoms in total. The molecule has 0 atom stereocenters. The van der Waals surface area contributed by atoms with Crippen molar-refractivity contribution in [3.8, 4) is 0 Å². The van der Waals surface area contributed by atoms with Crippen molar-refractivity contribution in [3.05, 3.63) is 18.0 Å². The highest BCUT2D eigenvalue weighted by Gasteiger charge is 2.28. The smallest absolute Gasteiger partial charge is 0.341 e. The molecule has 1 aromatic rings. The van der Waals surface area contributed by atoms with Gasteiger partial charge in [0.2, 0.25) is 5.95 Å². The number of carbonyl (C=O) groups excluding carboxylic acids is 1. The van der Waals surface area contributed by atoms with Crippen molar-refractivity contribution in [2.75, 3.05) is 32.2 Å². The van der Waals surface area contributed by atoms with Crippen LogP contribution in [0.4, 0.5) is 5.95 Å². The van der Waals surface area contributed by atoms with E-state index in [-0.39, 0.29) is 6.10 Å². The molecule has 0 saturated carbocycles. The summed E-state index contributed by atoms with van der Waals surface area (Å²) in [6.45, 7) is 1.57. The van der Waals surface area contributed by atoms with Crippen LogP contribution in [0.2, 0.25) is 0 Å². The number of esters is 1. The van der Waals surface area contributed by atoms with Crippen molar-refractivity contribution in [3.63, 3.8) is 0 Å². The van der Waals surface area contributed by atoms with E-state index in [0.717, 1.165) is 13.1 Å². The van der Waals surface area contributed by atoms with Crippen LogP contribution in [0.3, 0.4) is 0 Å². The van der Waals surface area contributed by atoms with Crippen molar-refractivity contribution in [2.45, 2.75) is 6.10 Å². The van der Waals surface area contributed by atoms with Gasteiger partial charge in [0.05, 0.1) is 18.8 Å². The van der Waals surface area contributed by atoms with E-state index >= 15 is 0 Å². The van der Waals surface area contributed by atoms with E-state index in [1.807, 2.05) is 4.90 Å². The quantitative estimate of drug-likeness (QED) is 0.677. The Morgan fingerprint density at radius 3 is 2.50 bits per heavy atom. The van der Waals surface area contributed by atoms with Crippen LogP contribution in [0.25, 0.3) is 0 Å². The zero-order valence-electron chi connectivity index (χ0n) is 9.21. The largest absolute Gasteiger partial charge is 0.465 e. The van der Waals surface area contributed by atoms with Crippen molar-refractivity contribution in [1.29, 1.82) is 0 Å². The summed E-state index contributed by atoms with van der Waals surface area (Å²) in [6, 6.07) is 0. The van der Waals surface area contributed by atoms with Crippen LogP contribution < -0.4 is 4.90 Å². The highest BCUT2D eigenvalue weighted by atomic mass is 16.5. The minimum atomic E-state index is -0.426. The number of ether oxygens (including phenoxy) is 2. The molecular weight excluding hydrogens is 210 g/mol. The molecule has 1 fully saturated rings. The second-order valence-electron chi connectivity index (χ2n) is 3.53. The summed E-state index contributed by atoms with van der Waals surface area (Å²) in [5.41, 5.74) is 0.357. The lowest BCUT2D eigenvalue weighted by Crippen LogP contribution is -2.52. The Bertz CT molecular complexity index is 373. The van der Waals surface area contributed by atoms with Gasteiger partial charge in [0.15, 0.2) is 0 Å². The van der Waals surface area contributed by atoms with Gasteiger partial charge in [-0.25, -0.2) is 14.8 Å². The third-order valence-electron chi connectivity index (χ3n) is 2.52. The summed E-state index contributed by atoms with van der Waals surface area (Å²) in [6.07, 6.45) is 3.19. The Morgan fingerprint density at radius 1 is 1.38 bits per heavy atom. The molecule has 16 heavy (non-hydrogen) atoms. The van der Waals surface area contributed by atoms with E-state index in [0.29, 0.717) is 11.5 Å². The lowest BCUT2D eigenvalue weighted by Gasteiger charge is -2.37. The molecule has 0 aliphatic carbocycles. The van der Waals surface area contributed by atoms with Crippen LogP contribution in [-0.4, -0.2) is 49.4 Å². The van der Waals surface area contributed by atoms with Crippen molar-refractivity contribution in [2.24, 2.45) is 0 Å². The topological polar surface area (TPSA) is 64.5 Å². The van der Waals surface area contributed by atoms with Gasteiger partial charge in [-0.2, -0.15) is 0 Å². The summed E-state index contributed by atoms with van der Waals surface area (Å²) in [5, 5.41) is 0. The number of methoxy groups -OCH3 is 2. The van der Waals surface area contributed by atoms with Gasteiger partial charge >= 0.3 is 5.97 Å². The maximum absolute atomic E-state index is 11.1. The summed E-state index contributed by atoms with van der Waals surface area (Å²) >= 11 is 0. The van der Waals surface area contributed by atoms with Crippen LogP contribution in [-0.2, 0) is 9.47 Å². The Balaban J connectivity index is 2.01. The molecule has 0 radical (unpaired) electrons. The van der Waals surface area contributed by atoms with E-state index in [2.05, 4.69) is 14.7 Å². The van der Waals surface area contributed by atoms with Gasteiger partial charge in [-0.05, 0) is 0 Å². The lowest BCUT2D eigenvalue weighted by molar-refractivity contribution is 0.0599. The average Bonchev–Trinajstić information content (AvgIpc) is 2.27. The number of hydrogen-bond acceptors (Lipinski definition) is 6. The molecule has 0 spiro atoms. The van der Waals surface area contributed by atoms with Crippen LogP contribution in [0, 0.1) is 0 Å². The molecule has 6 heteroatoms. The number of carbonyl (C=O) groups is 1. The number of nitrogens with zero attached hydrogens (tertiary/aromatic N) is 3. The monoisotopic (exact) mass is 223 g/mol. The number of rotatable bonds is 3. The predicted octanol–water partition coefficient (Wildman–Crippen LogP) is 0.0982. The van der Waals surface area contributed by atoms with E-state index in [1.165, 1.54) is 19.5 Å². The Morgan fingerprint density at radius 2 is 2.00 bits per heavy atom.